The normalized spacial score (nSPS) is 17.2. The van der Waals surface area contributed by atoms with Crippen LogP contribution in [0.1, 0.15) is 59.1 Å². The van der Waals surface area contributed by atoms with Crippen molar-refractivity contribution in [2.24, 2.45) is 0 Å². The van der Waals surface area contributed by atoms with E-state index in [-0.39, 0.29) is 11.8 Å². The summed E-state index contributed by atoms with van der Waals surface area (Å²) in [6.07, 6.45) is 0. The number of nitrogens with zero attached hydrogens (tertiary/aromatic N) is 4. The van der Waals surface area contributed by atoms with Gasteiger partial charge < -0.3 is 4.74 Å². The average Bonchev–Trinajstić information content (AvgIpc) is 3.88. The summed E-state index contributed by atoms with van der Waals surface area (Å²) in [5.41, 5.74) is 15.4. The Morgan fingerprint density at radius 3 is 1.96 bits per heavy atom. The van der Waals surface area contributed by atoms with Crippen LogP contribution in [0, 0.1) is 0 Å². The Balaban J connectivity index is 1.26. The first-order chi connectivity index (χ1) is 27.6. The van der Waals surface area contributed by atoms with E-state index in [9.17, 15) is 0 Å². The van der Waals surface area contributed by atoms with Crippen molar-refractivity contribution in [1.29, 1.82) is 0 Å². The molecule has 1 spiro atoms. The average molecular weight is 719 g/mol. The summed E-state index contributed by atoms with van der Waals surface area (Å²) < 4.78 is 17.6. The van der Waals surface area contributed by atoms with Gasteiger partial charge in [0.2, 0.25) is 0 Å². The highest BCUT2D eigenvalue weighted by Crippen LogP contribution is 2.59. The minimum atomic E-state index is -0.727. The number of fused-ring (bicyclic) bond motifs is 9. The molecule has 5 heteroatoms. The first-order valence-corrected chi connectivity index (χ1v) is 19.8. The number of para-hydroxylation sites is 2. The van der Waals surface area contributed by atoms with Gasteiger partial charge in [-0.3, -0.25) is 0 Å². The molecule has 3 atom stereocenters. The molecule has 6 aromatic carbocycles. The molecule has 4 aliphatic heterocycles. The summed E-state index contributed by atoms with van der Waals surface area (Å²) in [6.45, 7) is 4.74. The fourth-order valence-electron chi connectivity index (χ4n) is 11.3. The van der Waals surface area contributed by atoms with Crippen LogP contribution < -0.4 is 13.9 Å². The lowest BCUT2D eigenvalue weighted by Crippen LogP contribution is -2.75. The largest absolute Gasteiger partial charge is 0.456 e. The molecule has 0 radical (unpaired) electrons. The monoisotopic (exact) mass is 718 g/mol. The highest BCUT2D eigenvalue weighted by atomic mass is 16.5. The zero-order chi connectivity index (χ0) is 36.6. The van der Waals surface area contributed by atoms with Crippen LogP contribution in [0.4, 0.5) is 0 Å². The van der Waals surface area contributed by atoms with E-state index < -0.39 is 5.66 Å². The predicted octanol–water partition coefficient (Wildman–Crippen LogP) is 10.8. The van der Waals surface area contributed by atoms with Crippen LogP contribution in [0.15, 0.2) is 158 Å². The molecule has 0 aliphatic carbocycles. The van der Waals surface area contributed by atoms with Gasteiger partial charge in [0.25, 0.3) is 11.5 Å². The fraction of sp³-hybridized carbons (Fsp3) is 0.0980. The number of rotatable bonds is 4. The second kappa shape index (κ2) is 9.81. The van der Waals surface area contributed by atoms with Crippen LogP contribution in [-0.2, 0) is 5.66 Å². The number of ether oxygens (including phenoxy) is 1. The van der Waals surface area contributed by atoms with Gasteiger partial charge >= 0.3 is 5.66 Å². The fourth-order valence-corrected chi connectivity index (χ4v) is 11.3. The lowest BCUT2D eigenvalue weighted by atomic mass is 9.82. The molecule has 0 N–H and O–H groups in total. The minimum Gasteiger partial charge on any atom is -0.456 e. The van der Waals surface area contributed by atoms with Crippen molar-refractivity contribution in [2.45, 2.75) is 31.3 Å². The predicted molar refractivity (Wildman–Crippen MR) is 221 cm³/mol. The van der Waals surface area contributed by atoms with Gasteiger partial charge in [-0.15, -0.1) is 0 Å². The van der Waals surface area contributed by atoms with Crippen LogP contribution in [0.2, 0.25) is 0 Å². The molecule has 56 heavy (non-hydrogen) atoms. The third kappa shape index (κ3) is 3.14. The van der Waals surface area contributed by atoms with Crippen molar-refractivity contribution in [1.82, 2.24) is 9.13 Å². The molecular formula is C51H34N4O+2. The number of hydrogen-bond donors (Lipinski definition) is 0. The van der Waals surface area contributed by atoms with Crippen LogP contribution >= 0.6 is 0 Å². The first-order valence-electron chi connectivity index (χ1n) is 19.8. The molecule has 0 saturated carbocycles. The Labute approximate surface area is 322 Å². The Kier molecular flexibility index (Phi) is 5.15. The smallest absolute Gasteiger partial charge is 0.323 e. The van der Waals surface area contributed by atoms with Crippen molar-refractivity contribution >= 4 is 43.7 Å². The lowest BCUT2D eigenvalue weighted by Gasteiger charge is -2.39. The van der Waals surface area contributed by atoms with E-state index in [1.165, 1.54) is 100 Å². The lowest BCUT2D eigenvalue weighted by molar-refractivity contribution is -0.927. The summed E-state index contributed by atoms with van der Waals surface area (Å²) >= 11 is 0. The molecule has 0 fully saturated rings. The van der Waals surface area contributed by atoms with Gasteiger partial charge in [-0.05, 0) is 82.9 Å². The minimum absolute atomic E-state index is 0.154. The highest BCUT2D eigenvalue weighted by molar-refractivity contribution is 6.13. The van der Waals surface area contributed by atoms with Crippen LogP contribution in [0.3, 0.4) is 0 Å². The number of benzene rings is 6. The molecule has 0 bridgehead atoms. The molecule has 0 amide bonds. The molecule has 4 aliphatic rings. The summed E-state index contributed by atoms with van der Waals surface area (Å²) in [6, 6.07) is 58.6. The highest BCUT2D eigenvalue weighted by Gasteiger charge is 2.69. The Bertz CT molecular complexity index is 3430. The van der Waals surface area contributed by atoms with E-state index in [2.05, 4.69) is 190 Å². The Morgan fingerprint density at radius 1 is 0.518 bits per heavy atom. The van der Waals surface area contributed by atoms with Gasteiger partial charge in [0.15, 0.2) is 16.9 Å². The molecule has 262 valence electrons. The molecule has 5 nitrogen and oxygen atoms in total. The molecular weight excluding hydrogens is 685 g/mol. The zero-order valence-corrected chi connectivity index (χ0v) is 30.9. The van der Waals surface area contributed by atoms with Crippen LogP contribution in [0.5, 0.6) is 11.5 Å². The van der Waals surface area contributed by atoms with E-state index in [1.807, 2.05) is 0 Å². The van der Waals surface area contributed by atoms with Crippen LogP contribution in [-0.4, -0.2) is 9.13 Å². The van der Waals surface area contributed by atoms with Crippen LogP contribution in [0.25, 0.3) is 66.6 Å². The molecule has 10 aromatic rings. The summed E-state index contributed by atoms with van der Waals surface area (Å²) in [5.74, 6) is 3.33. The van der Waals surface area contributed by atoms with Crippen molar-refractivity contribution < 1.29 is 13.9 Å². The molecule has 4 aromatic heterocycles. The maximum atomic E-state index is 7.10. The van der Waals surface area contributed by atoms with Crippen molar-refractivity contribution in [3.05, 3.63) is 191 Å². The van der Waals surface area contributed by atoms with Gasteiger partial charge in [0.05, 0.1) is 5.39 Å². The third-order valence-electron chi connectivity index (χ3n) is 13.6. The SMILES string of the molecule is CC(c1ccccc1)c1cc2[n+]3c(c1)-n1c4ccccc4c4ccc5c(c41)C31c3c(cccc3-n3c4ccccc4c4c(C(C)c6ccccc6)cc-2[n+]1c43)O5. The van der Waals surface area contributed by atoms with E-state index in [4.69, 9.17) is 4.74 Å². The first kappa shape index (κ1) is 29.4. The zero-order valence-electron chi connectivity index (χ0n) is 30.9. The quantitative estimate of drug-likeness (QED) is 0.166. The number of hydrogen-bond acceptors (Lipinski definition) is 1. The van der Waals surface area contributed by atoms with Gasteiger partial charge in [0.1, 0.15) is 39.3 Å². The Hall–Kier alpha value is -6.98. The second-order valence-corrected chi connectivity index (χ2v) is 16.1. The number of aromatic nitrogens is 4. The van der Waals surface area contributed by atoms with Gasteiger partial charge in [0, 0.05) is 34.1 Å². The van der Waals surface area contributed by atoms with Crippen molar-refractivity contribution in [3.8, 4) is 34.4 Å². The summed E-state index contributed by atoms with van der Waals surface area (Å²) in [7, 11) is 0. The third-order valence-corrected chi connectivity index (χ3v) is 13.6. The van der Waals surface area contributed by atoms with Gasteiger partial charge in [-0.2, -0.15) is 18.3 Å². The summed E-state index contributed by atoms with van der Waals surface area (Å²) in [5, 5.41) is 5.08. The van der Waals surface area contributed by atoms with Gasteiger partial charge in [-0.1, -0.05) is 105 Å². The van der Waals surface area contributed by atoms with Gasteiger partial charge in [-0.25, -0.2) is 0 Å². The standard InChI is InChI=1S/C51H34N4O/c1-29(31-14-5-3-6-15-31)33-26-41-42-28-37(30(2)32-16-7-4-8-17-32)46-36-19-10-12-21-39(36)52-40-22-13-23-43-47(40)51(55(42)50(46)52)48-44(56-43)25-24-35-34-18-9-11-20-38(34)53(49(35)48)45(27-33)54(41)51/h3-30H,1-2H3/q+2. The molecule has 14 rings (SSSR count). The van der Waals surface area contributed by atoms with E-state index in [0.29, 0.717) is 0 Å². The second-order valence-electron chi connectivity index (χ2n) is 16.1. The van der Waals surface area contributed by atoms with E-state index in [0.717, 1.165) is 11.5 Å². The van der Waals surface area contributed by atoms with E-state index in [1.54, 1.807) is 0 Å². The van der Waals surface area contributed by atoms with Crippen molar-refractivity contribution in [2.75, 3.05) is 0 Å². The van der Waals surface area contributed by atoms with E-state index >= 15 is 0 Å². The maximum absolute atomic E-state index is 7.10. The number of pyridine rings is 2. The maximum Gasteiger partial charge on any atom is 0.323 e. The summed E-state index contributed by atoms with van der Waals surface area (Å²) in [4.78, 5) is 0. The molecule has 0 saturated heterocycles. The molecule has 8 heterocycles. The topological polar surface area (TPSA) is 26.8 Å². The van der Waals surface area contributed by atoms with Crippen molar-refractivity contribution in [3.63, 3.8) is 0 Å². The molecule has 3 unspecified atom stereocenters. The Morgan fingerprint density at radius 2 is 1.18 bits per heavy atom.